The van der Waals surface area contributed by atoms with Gasteiger partial charge in [0.2, 0.25) is 10.0 Å². The minimum absolute atomic E-state index is 0.0633. The molecule has 19 heavy (non-hydrogen) atoms. The summed E-state index contributed by atoms with van der Waals surface area (Å²) in [5.74, 6) is -0.509. The van der Waals surface area contributed by atoms with E-state index in [2.05, 4.69) is 10.0 Å². The van der Waals surface area contributed by atoms with Crippen LogP contribution in [0.4, 0.5) is 4.39 Å². The predicted molar refractivity (Wildman–Crippen MR) is 72.4 cm³/mol. The largest absolute Gasteiger partial charge is 0.317 e. The van der Waals surface area contributed by atoms with Gasteiger partial charge in [0, 0.05) is 6.04 Å². The molecule has 4 nitrogen and oxygen atoms in total. The van der Waals surface area contributed by atoms with Crippen molar-refractivity contribution >= 4 is 21.6 Å². The third-order valence-corrected chi connectivity index (χ3v) is 5.15. The van der Waals surface area contributed by atoms with Crippen molar-refractivity contribution in [2.45, 2.75) is 30.7 Å². The van der Waals surface area contributed by atoms with Gasteiger partial charge in [-0.2, -0.15) is 0 Å². The summed E-state index contributed by atoms with van der Waals surface area (Å²) >= 11 is 5.83. The second-order valence-electron chi connectivity index (χ2n) is 4.68. The fraction of sp³-hybridized carbons (Fsp3) is 0.500. The van der Waals surface area contributed by atoms with Gasteiger partial charge >= 0.3 is 0 Å². The second kappa shape index (κ2) is 5.75. The number of nitrogens with one attached hydrogen (secondary N) is 2. The summed E-state index contributed by atoms with van der Waals surface area (Å²) in [5, 5.41) is 3.06. The third kappa shape index (κ3) is 3.45. The molecule has 1 aliphatic heterocycles. The van der Waals surface area contributed by atoms with Gasteiger partial charge in [-0.15, -0.1) is 0 Å². The first kappa shape index (κ1) is 14.7. The van der Waals surface area contributed by atoms with Gasteiger partial charge in [0.25, 0.3) is 0 Å². The molecule has 1 saturated heterocycles. The van der Waals surface area contributed by atoms with Crippen molar-refractivity contribution in [3.63, 3.8) is 0 Å². The number of hydrogen-bond donors (Lipinski definition) is 2. The minimum Gasteiger partial charge on any atom is -0.317 e. The zero-order valence-corrected chi connectivity index (χ0v) is 12.1. The van der Waals surface area contributed by atoms with Gasteiger partial charge in [-0.3, -0.25) is 0 Å². The van der Waals surface area contributed by atoms with Crippen molar-refractivity contribution in [2.75, 3.05) is 13.1 Å². The number of aryl methyl sites for hydroxylation is 1. The standard InChI is InChI=1S/C12H16ClFN2O2S/c1-8-6-12(10(13)7-11(8)14)19(17,18)16-9-2-4-15-5-3-9/h6-7,9,15-16H,2-5H2,1H3. The molecule has 0 spiro atoms. The van der Waals surface area contributed by atoms with Crippen LogP contribution < -0.4 is 10.0 Å². The highest BCUT2D eigenvalue weighted by atomic mass is 35.5. The maximum absolute atomic E-state index is 13.3. The van der Waals surface area contributed by atoms with Crippen LogP contribution in [0.15, 0.2) is 17.0 Å². The number of hydrogen-bond acceptors (Lipinski definition) is 3. The molecule has 1 aromatic carbocycles. The number of rotatable bonds is 3. The van der Waals surface area contributed by atoms with Crippen molar-refractivity contribution in [2.24, 2.45) is 0 Å². The maximum atomic E-state index is 13.3. The lowest BCUT2D eigenvalue weighted by Crippen LogP contribution is -2.42. The Morgan fingerprint density at radius 3 is 2.63 bits per heavy atom. The molecule has 0 aromatic heterocycles. The molecular formula is C12H16ClFN2O2S. The van der Waals surface area contributed by atoms with Gasteiger partial charge in [0.15, 0.2) is 0 Å². The van der Waals surface area contributed by atoms with E-state index < -0.39 is 15.8 Å². The van der Waals surface area contributed by atoms with Crippen molar-refractivity contribution < 1.29 is 12.8 Å². The van der Waals surface area contributed by atoms with E-state index in [4.69, 9.17) is 11.6 Å². The zero-order valence-electron chi connectivity index (χ0n) is 10.5. The van der Waals surface area contributed by atoms with E-state index in [0.717, 1.165) is 32.0 Å². The summed E-state index contributed by atoms with van der Waals surface area (Å²) in [6, 6.07) is 2.20. The Bertz CT molecular complexity index is 571. The van der Waals surface area contributed by atoms with E-state index in [1.54, 1.807) is 0 Å². The molecule has 1 aliphatic rings. The normalized spacial score (nSPS) is 17.6. The second-order valence-corrected chi connectivity index (χ2v) is 6.77. The Hall–Kier alpha value is -0.690. The predicted octanol–water partition coefficient (Wildman–Crippen LogP) is 1.82. The summed E-state index contributed by atoms with van der Waals surface area (Å²) in [7, 11) is -3.71. The lowest BCUT2D eigenvalue weighted by Gasteiger charge is -2.23. The van der Waals surface area contributed by atoms with Crippen molar-refractivity contribution in [3.8, 4) is 0 Å². The molecule has 1 heterocycles. The summed E-state index contributed by atoms with van der Waals surface area (Å²) in [4.78, 5) is -0.0633. The topological polar surface area (TPSA) is 58.2 Å². The molecule has 0 aliphatic carbocycles. The van der Waals surface area contributed by atoms with Gasteiger partial charge in [0.05, 0.1) is 5.02 Å². The molecular weight excluding hydrogens is 291 g/mol. The quantitative estimate of drug-likeness (QED) is 0.895. The molecule has 0 atom stereocenters. The molecule has 0 bridgehead atoms. The number of piperidine rings is 1. The fourth-order valence-electron chi connectivity index (χ4n) is 2.06. The van der Waals surface area contributed by atoms with Gasteiger partial charge in [-0.05, 0) is 50.6 Å². The lowest BCUT2D eigenvalue weighted by atomic mass is 10.1. The van der Waals surface area contributed by atoms with E-state index in [0.29, 0.717) is 0 Å². The van der Waals surface area contributed by atoms with Crippen LogP contribution in [0.5, 0.6) is 0 Å². The van der Waals surface area contributed by atoms with Crippen molar-refractivity contribution in [3.05, 3.63) is 28.5 Å². The molecule has 0 saturated carbocycles. The summed E-state index contributed by atoms with van der Waals surface area (Å²) < 4.78 is 40.4. The highest BCUT2D eigenvalue weighted by Crippen LogP contribution is 2.25. The summed E-state index contributed by atoms with van der Waals surface area (Å²) in [6.45, 7) is 3.07. The first-order valence-corrected chi connectivity index (χ1v) is 7.95. The maximum Gasteiger partial charge on any atom is 0.242 e. The molecule has 2 rings (SSSR count). The van der Waals surface area contributed by atoms with Crippen LogP contribution in [0.3, 0.4) is 0 Å². The Morgan fingerprint density at radius 1 is 1.37 bits per heavy atom. The van der Waals surface area contributed by atoms with Crippen molar-refractivity contribution in [1.29, 1.82) is 0 Å². The molecule has 0 unspecified atom stereocenters. The van der Waals surface area contributed by atoms with Gasteiger partial charge in [0.1, 0.15) is 10.7 Å². The monoisotopic (exact) mass is 306 g/mol. The first-order valence-electron chi connectivity index (χ1n) is 6.09. The third-order valence-electron chi connectivity index (χ3n) is 3.16. The van der Waals surface area contributed by atoms with Gasteiger partial charge in [-0.1, -0.05) is 11.6 Å². The number of halogens is 2. The average Bonchev–Trinajstić information content (AvgIpc) is 2.34. The van der Waals surface area contributed by atoms with E-state index in [1.165, 1.54) is 13.0 Å². The highest BCUT2D eigenvalue weighted by molar-refractivity contribution is 7.89. The smallest absolute Gasteiger partial charge is 0.242 e. The number of benzene rings is 1. The van der Waals surface area contributed by atoms with Crippen LogP contribution in [-0.4, -0.2) is 27.5 Å². The van der Waals surface area contributed by atoms with Crippen LogP contribution in [0, 0.1) is 12.7 Å². The van der Waals surface area contributed by atoms with Crippen LogP contribution in [0.25, 0.3) is 0 Å². The Morgan fingerprint density at radius 2 is 2.00 bits per heavy atom. The van der Waals surface area contributed by atoms with E-state index in [-0.39, 0.29) is 21.5 Å². The van der Waals surface area contributed by atoms with E-state index in [1.807, 2.05) is 0 Å². The molecule has 1 fully saturated rings. The number of sulfonamides is 1. The Balaban J connectivity index is 2.26. The van der Waals surface area contributed by atoms with Crippen LogP contribution in [0.1, 0.15) is 18.4 Å². The van der Waals surface area contributed by atoms with E-state index in [9.17, 15) is 12.8 Å². The zero-order chi connectivity index (χ0) is 14.0. The van der Waals surface area contributed by atoms with E-state index >= 15 is 0 Å². The van der Waals surface area contributed by atoms with Gasteiger partial charge in [-0.25, -0.2) is 17.5 Å². The SMILES string of the molecule is Cc1cc(S(=O)(=O)NC2CCNCC2)c(Cl)cc1F. The minimum atomic E-state index is -3.71. The average molecular weight is 307 g/mol. The van der Waals surface area contributed by atoms with Crippen LogP contribution in [0.2, 0.25) is 5.02 Å². The van der Waals surface area contributed by atoms with Crippen molar-refractivity contribution in [1.82, 2.24) is 10.0 Å². The Labute approximate surface area is 117 Å². The molecule has 0 amide bonds. The molecule has 2 N–H and O–H groups in total. The lowest BCUT2D eigenvalue weighted by molar-refractivity contribution is 0.427. The molecule has 0 radical (unpaired) electrons. The molecule has 106 valence electrons. The summed E-state index contributed by atoms with van der Waals surface area (Å²) in [5.41, 5.74) is 0.259. The fourth-order valence-corrected chi connectivity index (χ4v) is 3.96. The van der Waals surface area contributed by atoms with Crippen LogP contribution in [-0.2, 0) is 10.0 Å². The van der Waals surface area contributed by atoms with Gasteiger partial charge < -0.3 is 5.32 Å². The highest BCUT2D eigenvalue weighted by Gasteiger charge is 2.24. The van der Waals surface area contributed by atoms with Crippen LogP contribution >= 0.6 is 11.6 Å². The molecule has 1 aromatic rings. The Kier molecular flexibility index (Phi) is 4.45. The molecule has 7 heteroatoms. The first-order chi connectivity index (χ1) is 8.90. The summed E-state index contributed by atoms with van der Waals surface area (Å²) in [6.07, 6.45) is 1.47.